The number of carboxylic acid groups (broad SMARTS) is 1. The number of aliphatic carboxylic acids is 1. The molecule has 0 amide bonds. The average molecular weight is 211 g/mol. The highest BCUT2D eigenvalue weighted by molar-refractivity contribution is 5.75. The molecule has 1 unspecified atom stereocenters. The lowest BCUT2D eigenvalue weighted by Crippen LogP contribution is -2.15. The van der Waals surface area contributed by atoms with Gasteiger partial charge in [-0.1, -0.05) is 12.1 Å². The fourth-order valence-corrected chi connectivity index (χ4v) is 1.80. The topological polar surface area (TPSA) is 72.6 Å². The Kier molecular flexibility index (Phi) is 2.73. The Balaban J connectivity index is 2.35. The summed E-state index contributed by atoms with van der Waals surface area (Å²) >= 11 is 0. The van der Waals surface area contributed by atoms with E-state index in [2.05, 4.69) is 5.16 Å². The lowest BCUT2D eigenvalue weighted by Gasteiger charge is -2.13. The number of fused-ring (bicyclic) bond motifs is 1. The molecule has 0 fully saturated rings. The molecule has 0 saturated heterocycles. The van der Waals surface area contributed by atoms with Crippen molar-refractivity contribution in [3.8, 4) is 0 Å². The largest absolute Gasteiger partial charge is 0.481 e. The second-order valence-corrected chi connectivity index (χ2v) is 3.57. The number of hydrogen-bond acceptors (Lipinski definition) is 4. The second-order valence-electron chi connectivity index (χ2n) is 3.57. The fourth-order valence-electron chi connectivity index (χ4n) is 1.80. The van der Waals surface area contributed by atoms with E-state index >= 15 is 0 Å². The van der Waals surface area contributed by atoms with Gasteiger partial charge in [-0.15, -0.1) is 0 Å². The van der Waals surface area contributed by atoms with Crippen molar-refractivity contribution in [2.75, 3.05) is 6.61 Å². The third kappa shape index (κ3) is 1.74. The molecule has 2 heterocycles. The highest BCUT2D eigenvalue weighted by Gasteiger charge is 2.29. The average Bonchev–Trinajstić information content (AvgIpc) is 2.63. The van der Waals surface area contributed by atoms with Gasteiger partial charge in [0.2, 0.25) is 0 Å². The number of aromatic nitrogens is 1. The summed E-state index contributed by atoms with van der Waals surface area (Å²) in [4.78, 5) is 11.0. The molecule has 1 aromatic heterocycles. The monoisotopic (exact) mass is 211 g/mol. The molecule has 1 atom stereocenters. The summed E-state index contributed by atoms with van der Waals surface area (Å²) in [6.07, 6.45) is 1.20. The van der Waals surface area contributed by atoms with E-state index in [9.17, 15) is 4.79 Å². The van der Waals surface area contributed by atoms with Crippen molar-refractivity contribution in [1.29, 1.82) is 0 Å². The van der Waals surface area contributed by atoms with Crippen molar-refractivity contribution < 1.29 is 19.2 Å². The van der Waals surface area contributed by atoms with Crippen LogP contribution in [0.15, 0.2) is 4.52 Å². The predicted octanol–water partition coefficient (Wildman–Crippen LogP) is 1.33. The molecule has 0 aromatic carbocycles. The Morgan fingerprint density at radius 1 is 1.67 bits per heavy atom. The molecule has 5 nitrogen and oxygen atoms in total. The van der Waals surface area contributed by atoms with Gasteiger partial charge in [0, 0.05) is 12.0 Å². The van der Waals surface area contributed by atoms with Gasteiger partial charge in [0.15, 0.2) is 5.76 Å². The maximum Gasteiger partial charge on any atom is 0.314 e. The van der Waals surface area contributed by atoms with Crippen molar-refractivity contribution in [3.05, 3.63) is 17.0 Å². The van der Waals surface area contributed by atoms with Crippen LogP contribution in [0.4, 0.5) is 0 Å². The zero-order chi connectivity index (χ0) is 10.8. The first-order chi connectivity index (χ1) is 7.24. The van der Waals surface area contributed by atoms with Gasteiger partial charge in [-0.25, -0.2) is 0 Å². The van der Waals surface area contributed by atoms with Crippen LogP contribution in [0.25, 0.3) is 0 Å². The van der Waals surface area contributed by atoms with Crippen LogP contribution >= 0.6 is 0 Å². The number of ether oxygens (including phenoxy) is 1. The van der Waals surface area contributed by atoms with E-state index in [1.165, 1.54) is 0 Å². The minimum absolute atomic E-state index is 0.415. The first-order valence-corrected chi connectivity index (χ1v) is 5.02. The van der Waals surface area contributed by atoms with Crippen LogP contribution in [-0.2, 0) is 22.6 Å². The maximum atomic E-state index is 11.0. The minimum Gasteiger partial charge on any atom is -0.481 e. The Labute approximate surface area is 87.0 Å². The van der Waals surface area contributed by atoms with Crippen LogP contribution in [0.1, 0.15) is 36.3 Å². The van der Waals surface area contributed by atoms with Crippen molar-refractivity contribution in [2.45, 2.75) is 32.3 Å². The number of carbonyl (C=O) groups is 1. The summed E-state index contributed by atoms with van der Waals surface area (Å²) in [5, 5.41) is 12.9. The molecule has 1 N–H and O–H groups in total. The highest BCUT2D eigenvalue weighted by Crippen LogP contribution is 2.28. The van der Waals surface area contributed by atoms with E-state index in [-0.39, 0.29) is 0 Å². The van der Waals surface area contributed by atoms with Crippen LogP contribution < -0.4 is 0 Å². The van der Waals surface area contributed by atoms with Gasteiger partial charge < -0.3 is 14.4 Å². The quantitative estimate of drug-likeness (QED) is 0.816. The molecule has 0 spiro atoms. The molecule has 5 heteroatoms. The number of carboxylic acids is 1. The molecular weight excluding hydrogens is 198 g/mol. The third-order valence-electron chi connectivity index (χ3n) is 2.65. The zero-order valence-corrected chi connectivity index (χ0v) is 8.52. The van der Waals surface area contributed by atoms with Crippen LogP contribution in [0.3, 0.4) is 0 Å². The Morgan fingerprint density at radius 2 is 2.47 bits per heavy atom. The molecule has 15 heavy (non-hydrogen) atoms. The first kappa shape index (κ1) is 10.2. The van der Waals surface area contributed by atoms with Crippen LogP contribution in [0, 0.1) is 0 Å². The Morgan fingerprint density at radius 3 is 3.13 bits per heavy atom. The predicted molar refractivity (Wildman–Crippen MR) is 50.5 cm³/mol. The lowest BCUT2D eigenvalue weighted by atomic mass is 9.98. The molecule has 1 aliphatic heterocycles. The van der Waals surface area contributed by atoms with Gasteiger partial charge in [0.25, 0.3) is 0 Å². The SMILES string of the molecule is CCC(C(=O)O)c1onc2c1COCC2. The minimum atomic E-state index is -0.873. The summed E-state index contributed by atoms with van der Waals surface area (Å²) in [5.74, 6) is -1.02. The van der Waals surface area contributed by atoms with Crippen molar-refractivity contribution in [1.82, 2.24) is 5.16 Å². The van der Waals surface area contributed by atoms with E-state index in [1.54, 1.807) is 0 Å². The summed E-state index contributed by atoms with van der Waals surface area (Å²) in [5.41, 5.74) is 1.67. The van der Waals surface area contributed by atoms with Crippen LogP contribution in [-0.4, -0.2) is 22.8 Å². The molecular formula is C10H13NO4. The lowest BCUT2D eigenvalue weighted by molar-refractivity contribution is -0.139. The highest BCUT2D eigenvalue weighted by atomic mass is 16.5. The smallest absolute Gasteiger partial charge is 0.314 e. The molecule has 0 bridgehead atoms. The summed E-state index contributed by atoms with van der Waals surface area (Å²) in [7, 11) is 0. The van der Waals surface area contributed by atoms with E-state index < -0.39 is 11.9 Å². The Bertz CT molecular complexity index is 371. The van der Waals surface area contributed by atoms with E-state index in [0.29, 0.717) is 31.8 Å². The maximum absolute atomic E-state index is 11.0. The number of nitrogens with zero attached hydrogens (tertiary/aromatic N) is 1. The zero-order valence-electron chi connectivity index (χ0n) is 8.52. The normalized spacial score (nSPS) is 17.1. The summed E-state index contributed by atoms with van der Waals surface area (Å²) in [6.45, 7) is 2.86. The molecule has 1 aromatic rings. The Hall–Kier alpha value is -1.36. The molecule has 1 aliphatic rings. The van der Waals surface area contributed by atoms with Crippen molar-refractivity contribution >= 4 is 5.97 Å². The van der Waals surface area contributed by atoms with E-state index in [1.807, 2.05) is 6.92 Å². The fraction of sp³-hybridized carbons (Fsp3) is 0.600. The van der Waals surface area contributed by atoms with Crippen molar-refractivity contribution in [3.63, 3.8) is 0 Å². The molecule has 0 aliphatic carbocycles. The van der Waals surface area contributed by atoms with Gasteiger partial charge >= 0.3 is 5.97 Å². The van der Waals surface area contributed by atoms with E-state index in [0.717, 1.165) is 11.3 Å². The van der Waals surface area contributed by atoms with Gasteiger partial charge in [-0.3, -0.25) is 4.79 Å². The van der Waals surface area contributed by atoms with Gasteiger partial charge in [0.05, 0.1) is 18.9 Å². The molecule has 0 radical (unpaired) electrons. The van der Waals surface area contributed by atoms with Gasteiger partial charge in [-0.2, -0.15) is 0 Å². The van der Waals surface area contributed by atoms with Gasteiger partial charge in [0.1, 0.15) is 5.92 Å². The second kappa shape index (κ2) is 4.02. The van der Waals surface area contributed by atoms with Crippen LogP contribution in [0.2, 0.25) is 0 Å². The standard InChI is InChI=1S/C10H13NO4/c1-2-6(10(12)13)9-7-5-14-4-3-8(7)11-15-9/h6H,2-5H2,1H3,(H,12,13). The molecule has 2 rings (SSSR count). The first-order valence-electron chi connectivity index (χ1n) is 5.02. The van der Waals surface area contributed by atoms with Crippen molar-refractivity contribution in [2.24, 2.45) is 0 Å². The summed E-state index contributed by atoms with van der Waals surface area (Å²) in [6, 6.07) is 0. The number of rotatable bonds is 3. The summed E-state index contributed by atoms with van der Waals surface area (Å²) < 4.78 is 10.4. The third-order valence-corrected chi connectivity index (χ3v) is 2.65. The van der Waals surface area contributed by atoms with E-state index in [4.69, 9.17) is 14.4 Å². The molecule has 82 valence electrons. The van der Waals surface area contributed by atoms with Crippen LogP contribution in [0.5, 0.6) is 0 Å². The number of hydrogen-bond donors (Lipinski definition) is 1. The van der Waals surface area contributed by atoms with Gasteiger partial charge in [-0.05, 0) is 6.42 Å². The molecule has 0 saturated carbocycles.